The molecular weight excluding hydrogens is 314 g/mol. The lowest BCUT2D eigenvalue weighted by molar-refractivity contribution is 0.0410. The van der Waals surface area contributed by atoms with Crippen LogP contribution < -0.4 is 0 Å². The number of nitrogens with zero attached hydrogens (tertiary/aromatic N) is 1. The summed E-state index contributed by atoms with van der Waals surface area (Å²) in [6, 6.07) is 9.43. The molecule has 0 unspecified atom stereocenters. The van der Waals surface area contributed by atoms with Gasteiger partial charge in [-0.25, -0.2) is 0 Å². The van der Waals surface area contributed by atoms with Crippen LogP contribution >= 0.6 is 15.9 Å². The van der Waals surface area contributed by atoms with Gasteiger partial charge in [-0.15, -0.1) is 0 Å². The third-order valence-corrected chi connectivity index (χ3v) is 5.53. The first kappa shape index (κ1) is 12.9. The van der Waals surface area contributed by atoms with E-state index in [0.29, 0.717) is 12.0 Å². The van der Waals surface area contributed by atoms with E-state index in [1.807, 2.05) is 0 Å². The van der Waals surface area contributed by atoms with Gasteiger partial charge in [-0.3, -0.25) is 4.90 Å². The molecular formula is C17H18BrNO. The molecule has 1 aromatic rings. The number of hydrogen-bond acceptors (Lipinski definition) is 2. The number of rotatable bonds is 2. The van der Waals surface area contributed by atoms with Gasteiger partial charge in [-0.2, -0.15) is 0 Å². The molecule has 0 saturated carbocycles. The highest BCUT2D eigenvalue weighted by Gasteiger charge is 2.51. The van der Waals surface area contributed by atoms with E-state index in [0.717, 1.165) is 30.8 Å². The van der Waals surface area contributed by atoms with Crippen molar-refractivity contribution >= 4 is 15.9 Å². The van der Waals surface area contributed by atoms with Gasteiger partial charge < -0.3 is 4.74 Å². The molecule has 104 valence electrons. The number of halogens is 1. The highest BCUT2D eigenvalue weighted by atomic mass is 79.9. The fourth-order valence-corrected chi connectivity index (χ4v) is 4.02. The normalized spacial score (nSPS) is 33.1. The highest BCUT2D eigenvalue weighted by molar-refractivity contribution is 9.10. The quantitative estimate of drug-likeness (QED) is 0.773. The van der Waals surface area contributed by atoms with Crippen LogP contribution in [0.4, 0.5) is 0 Å². The maximum atomic E-state index is 5.49. The molecule has 20 heavy (non-hydrogen) atoms. The van der Waals surface area contributed by atoms with Crippen molar-refractivity contribution in [2.24, 2.45) is 5.92 Å². The molecule has 4 rings (SSSR count). The van der Waals surface area contributed by atoms with Gasteiger partial charge in [0.25, 0.3) is 0 Å². The summed E-state index contributed by atoms with van der Waals surface area (Å²) in [7, 11) is 0. The maximum absolute atomic E-state index is 5.49. The fourth-order valence-electron chi connectivity index (χ4n) is 3.76. The van der Waals surface area contributed by atoms with E-state index < -0.39 is 0 Å². The Hall–Kier alpha value is -0.820. The van der Waals surface area contributed by atoms with Gasteiger partial charge in [0.05, 0.1) is 11.3 Å². The Kier molecular flexibility index (Phi) is 3.14. The first-order valence-electron chi connectivity index (χ1n) is 7.38. The summed E-state index contributed by atoms with van der Waals surface area (Å²) in [4.78, 5) is 2.64. The Labute approximate surface area is 128 Å². The number of fused-ring (bicyclic) bond motifs is 1. The van der Waals surface area contributed by atoms with Gasteiger partial charge in [0.2, 0.25) is 0 Å². The van der Waals surface area contributed by atoms with Crippen LogP contribution in [-0.2, 0) is 10.2 Å². The van der Waals surface area contributed by atoms with E-state index in [-0.39, 0.29) is 5.41 Å². The molecule has 2 heterocycles. The van der Waals surface area contributed by atoms with Crippen molar-refractivity contribution in [2.45, 2.75) is 24.3 Å². The van der Waals surface area contributed by atoms with Gasteiger partial charge in [-0.05, 0) is 30.5 Å². The predicted molar refractivity (Wildman–Crippen MR) is 82.5 cm³/mol. The molecule has 0 amide bonds. The molecule has 1 aromatic carbocycles. The lowest BCUT2D eigenvalue weighted by Crippen LogP contribution is -2.41. The molecule has 2 saturated heterocycles. The second-order valence-corrected chi connectivity index (χ2v) is 6.99. The molecule has 2 atom stereocenters. The van der Waals surface area contributed by atoms with Crippen LogP contribution in [-0.4, -0.2) is 37.2 Å². The SMILES string of the molecule is Brc1ccc([C@@]23C#C[C@@H]2CN(C2CCOCC2)C3)cc1. The molecule has 2 aliphatic heterocycles. The lowest BCUT2D eigenvalue weighted by Gasteiger charge is -2.34. The van der Waals surface area contributed by atoms with Gasteiger partial charge in [-0.1, -0.05) is 39.9 Å². The van der Waals surface area contributed by atoms with Crippen LogP contribution in [0.5, 0.6) is 0 Å². The molecule has 0 N–H and O–H groups in total. The van der Waals surface area contributed by atoms with Crippen molar-refractivity contribution < 1.29 is 4.74 Å². The Morgan fingerprint density at radius 3 is 2.60 bits per heavy atom. The topological polar surface area (TPSA) is 12.5 Å². The Bertz CT molecular complexity index is 567. The largest absolute Gasteiger partial charge is 0.381 e. The summed E-state index contributed by atoms with van der Waals surface area (Å²) >= 11 is 3.52. The number of likely N-dealkylation sites (tertiary alicyclic amines) is 1. The lowest BCUT2D eigenvalue weighted by atomic mass is 9.67. The Morgan fingerprint density at radius 2 is 1.95 bits per heavy atom. The van der Waals surface area contributed by atoms with Crippen LogP contribution in [0.25, 0.3) is 0 Å². The summed E-state index contributed by atoms with van der Waals surface area (Å²) in [6.07, 6.45) is 2.34. The zero-order chi connectivity index (χ0) is 13.6. The first-order chi connectivity index (χ1) is 9.78. The van der Waals surface area contributed by atoms with Gasteiger partial charge in [0, 0.05) is 36.8 Å². The minimum atomic E-state index is 0.0962. The Balaban J connectivity index is 1.57. The fraction of sp³-hybridized carbons (Fsp3) is 0.529. The summed E-state index contributed by atoms with van der Waals surface area (Å²) in [5, 5.41) is 0. The molecule has 0 radical (unpaired) electrons. The van der Waals surface area contributed by atoms with Crippen LogP contribution in [0.3, 0.4) is 0 Å². The predicted octanol–water partition coefficient (Wildman–Crippen LogP) is 2.81. The zero-order valence-corrected chi connectivity index (χ0v) is 13.0. The number of ether oxygens (including phenoxy) is 1. The summed E-state index contributed by atoms with van der Waals surface area (Å²) in [6.45, 7) is 4.06. The van der Waals surface area contributed by atoms with E-state index in [9.17, 15) is 0 Å². The molecule has 0 aromatic heterocycles. The summed E-state index contributed by atoms with van der Waals surface area (Å²) < 4.78 is 6.63. The van der Waals surface area contributed by atoms with Crippen LogP contribution in [0, 0.1) is 17.8 Å². The monoisotopic (exact) mass is 331 g/mol. The molecule has 3 aliphatic rings. The Morgan fingerprint density at radius 1 is 1.20 bits per heavy atom. The van der Waals surface area contributed by atoms with Crippen molar-refractivity contribution in [1.82, 2.24) is 4.90 Å². The van der Waals surface area contributed by atoms with Crippen LogP contribution in [0.1, 0.15) is 18.4 Å². The van der Waals surface area contributed by atoms with Crippen molar-refractivity contribution in [3.05, 3.63) is 34.3 Å². The van der Waals surface area contributed by atoms with Crippen molar-refractivity contribution in [1.29, 1.82) is 0 Å². The van der Waals surface area contributed by atoms with E-state index in [1.165, 1.54) is 18.4 Å². The van der Waals surface area contributed by atoms with Crippen LogP contribution in [0.15, 0.2) is 28.7 Å². The van der Waals surface area contributed by atoms with E-state index >= 15 is 0 Å². The van der Waals surface area contributed by atoms with Crippen molar-refractivity contribution in [3.63, 3.8) is 0 Å². The average molecular weight is 332 g/mol. The minimum absolute atomic E-state index is 0.0962. The van der Waals surface area contributed by atoms with Crippen molar-refractivity contribution in [3.8, 4) is 11.8 Å². The second-order valence-electron chi connectivity index (χ2n) is 6.07. The van der Waals surface area contributed by atoms with Gasteiger partial charge >= 0.3 is 0 Å². The van der Waals surface area contributed by atoms with E-state index in [1.54, 1.807) is 0 Å². The van der Waals surface area contributed by atoms with Gasteiger partial charge in [0.1, 0.15) is 0 Å². The standard InChI is InChI=1S/C17H18BrNO/c18-15-3-1-13(2-4-15)17-8-5-14(17)11-19(12-17)16-6-9-20-10-7-16/h1-4,14,16H,6-7,9-12H2/t14-,17+/m1/s1. The third kappa shape index (κ3) is 1.94. The zero-order valence-electron chi connectivity index (χ0n) is 11.4. The highest BCUT2D eigenvalue weighted by Crippen LogP contribution is 2.45. The number of benzene rings is 1. The first-order valence-corrected chi connectivity index (χ1v) is 8.18. The molecule has 2 fully saturated rings. The molecule has 2 nitrogen and oxygen atoms in total. The summed E-state index contributed by atoms with van der Waals surface area (Å²) in [5.74, 6) is 7.40. The smallest absolute Gasteiger partial charge is 0.0838 e. The maximum Gasteiger partial charge on any atom is 0.0838 e. The summed E-state index contributed by atoms with van der Waals surface area (Å²) in [5.41, 5.74) is 1.48. The van der Waals surface area contributed by atoms with Gasteiger partial charge in [0.15, 0.2) is 0 Å². The van der Waals surface area contributed by atoms with E-state index in [2.05, 4.69) is 56.9 Å². The third-order valence-electron chi connectivity index (χ3n) is 5.00. The number of hydrogen-bond donors (Lipinski definition) is 0. The molecule has 0 bridgehead atoms. The minimum Gasteiger partial charge on any atom is -0.381 e. The second kappa shape index (κ2) is 4.87. The van der Waals surface area contributed by atoms with Crippen LogP contribution in [0.2, 0.25) is 0 Å². The van der Waals surface area contributed by atoms with Crippen molar-refractivity contribution in [2.75, 3.05) is 26.3 Å². The average Bonchev–Trinajstić information content (AvgIpc) is 2.74. The molecule has 3 heteroatoms. The molecule has 1 aliphatic carbocycles. The van der Waals surface area contributed by atoms with E-state index in [4.69, 9.17) is 4.74 Å². The molecule has 0 spiro atoms.